The number of carbonyl (C=O) groups excluding carboxylic acids is 1. The fraction of sp³-hybridized carbons (Fsp3) is 0.941. The molecule has 0 aromatic carbocycles. The molecular weight excluding hydrogens is 292 g/mol. The molecule has 0 bridgehead atoms. The number of rotatable bonds is 6. The van der Waals surface area contributed by atoms with E-state index in [-0.39, 0.29) is 6.03 Å². The van der Waals surface area contributed by atoms with Crippen LogP contribution in [0.4, 0.5) is 4.79 Å². The molecule has 0 unspecified atom stereocenters. The van der Waals surface area contributed by atoms with E-state index in [1.807, 2.05) is 0 Å². The molecule has 0 aromatic heterocycles. The highest BCUT2D eigenvalue weighted by Gasteiger charge is 2.22. The number of hydrogen-bond acceptors (Lipinski definition) is 4. The van der Waals surface area contributed by atoms with Gasteiger partial charge < -0.3 is 20.3 Å². The van der Waals surface area contributed by atoms with E-state index in [4.69, 9.17) is 4.74 Å². The first-order valence-corrected chi connectivity index (χ1v) is 9.17. The number of nitrogens with one attached hydrogen (secondary N) is 2. The molecule has 6 heteroatoms. The summed E-state index contributed by atoms with van der Waals surface area (Å²) < 4.78 is 5.88. The van der Waals surface area contributed by atoms with Crippen LogP contribution in [0, 0.1) is 0 Å². The van der Waals surface area contributed by atoms with Crippen molar-refractivity contribution in [3.8, 4) is 0 Å². The minimum absolute atomic E-state index is 0.0870. The average Bonchev–Trinajstić information content (AvgIpc) is 2.81. The third-order valence-electron chi connectivity index (χ3n) is 5.02. The summed E-state index contributed by atoms with van der Waals surface area (Å²) in [6.07, 6.45) is 7.98. The molecule has 6 nitrogen and oxygen atoms in total. The zero-order valence-electron chi connectivity index (χ0n) is 14.9. The normalized spacial score (nSPS) is 25.0. The van der Waals surface area contributed by atoms with Gasteiger partial charge in [0.1, 0.15) is 0 Å². The molecule has 0 spiro atoms. The first-order chi connectivity index (χ1) is 11.1. The van der Waals surface area contributed by atoms with Crippen molar-refractivity contribution >= 4 is 6.03 Å². The van der Waals surface area contributed by atoms with Crippen molar-refractivity contribution in [2.45, 2.75) is 50.7 Å². The van der Waals surface area contributed by atoms with Gasteiger partial charge in [-0.3, -0.25) is 4.90 Å². The Bertz CT molecular complexity index is 345. The zero-order chi connectivity index (χ0) is 16.5. The Morgan fingerprint density at radius 1 is 1.09 bits per heavy atom. The van der Waals surface area contributed by atoms with Crippen molar-refractivity contribution in [3.63, 3.8) is 0 Å². The number of likely N-dealkylation sites (N-methyl/N-ethyl adjacent to an activating group) is 2. The van der Waals surface area contributed by atoms with E-state index >= 15 is 0 Å². The van der Waals surface area contributed by atoms with Crippen LogP contribution in [-0.4, -0.2) is 81.4 Å². The van der Waals surface area contributed by atoms with Crippen LogP contribution in [0.5, 0.6) is 0 Å². The molecule has 1 aliphatic carbocycles. The molecular formula is C17H34N4O2. The summed E-state index contributed by atoms with van der Waals surface area (Å²) in [6.45, 7) is 5.04. The fourth-order valence-electron chi connectivity index (χ4n) is 3.39. The number of ether oxygens (including phenoxy) is 1. The number of amides is 2. The topological polar surface area (TPSA) is 56.8 Å². The lowest BCUT2D eigenvalue weighted by atomic mass is 10.1. The first kappa shape index (κ1) is 18.5. The second-order valence-electron chi connectivity index (χ2n) is 7.02. The van der Waals surface area contributed by atoms with Crippen LogP contribution in [0.15, 0.2) is 0 Å². The maximum atomic E-state index is 11.9. The molecule has 2 N–H and O–H groups in total. The van der Waals surface area contributed by atoms with Gasteiger partial charge in [-0.15, -0.1) is 0 Å². The molecule has 1 saturated carbocycles. The van der Waals surface area contributed by atoms with Gasteiger partial charge >= 0.3 is 6.03 Å². The summed E-state index contributed by atoms with van der Waals surface area (Å²) >= 11 is 0. The number of piperazine rings is 1. The summed E-state index contributed by atoms with van der Waals surface area (Å²) in [5, 5.41) is 5.87. The van der Waals surface area contributed by atoms with Gasteiger partial charge in [-0.05, 0) is 26.9 Å². The highest BCUT2D eigenvalue weighted by Crippen LogP contribution is 2.19. The molecule has 0 aromatic rings. The van der Waals surface area contributed by atoms with Gasteiger partial charge in [-0.25, -0.2) is 4.79 Å². The van der Waals surface area contributed by atoms with Crippen molar-refractivity contribution < 1.29 is 9.53 Å². The number of carbonyl (C=O) groups is 1. The summed E-state index contributed by atoms with van der Waals surface area (Å²) in [5.74, 6) is 0. The zero-order valence-corrected chi connectivity index (χ0v) is 14.9. The Hall–Kier alpha value is -0.850. The highest BCUT2D eigenvalue weighted by molar-refractivity contribution is 5.73. The first-order valence-electron chi connectivity index (χ1n) is 9.17. The van der Waals surface area contributed by atoms with Gasteiger partial charge in [-0.1, -0.05) is 25.7 Å². The van der Waals surface area contributed by atoms with E-state index in [2.05, 4.69) is 34.5 Å². The molecule has 1 heterocycles. The molecule has 2 amide bonds. The van der Waals surface area contributed by atoms with Crippen molar-refractivity contribution in [2.75, 3.05) is 53.4 Å². The van der Waals surface area contributed by atoms with Crippen molar-refractivity contribution in [2.24, 2.45) is 0 Å². The monoisotopic (exact) mass is 326 g/mol. The van der Waals surface area contributed by atoms with Crippen LogP contribution < -0.4 is 10.6 Å². The summed E-state index contributed by atoms with van der Waals surface area (Å²) in [7, 11) is 4.25. The Labute approximate surface area is 140 Å². The molecule has 1 saturated heterocycles. The molecule has 2 fully saturated rings. The molecule has 0 radical (unpaired) electrons. The second kappa shape index (κ2) is 10.1. The largest absolute Gasteiger partial charge is 0.376 e. The van der Waals surface area contributed by atoms with Crippen LogP contribution in [0.25, 0.3) is 0 Å². The van der Waals surface area contributed by atoms with Crippen molar-refractivity contribution in [3.05, 3.63) is 0 Å². The van der Waals surface area contributed by atoms with Gasteiger partial charge in [-0.2, -0.15) is 0 Å². The molecule has 2 aliphatic rings. The van der Waals surface area contributed by atoms with Gasteiger partial charge in [0.25, 0.3) is 0 Å². The predicted octanol–water partition coefficient (Wildman–Crippen LogP) is 1.27. The lowest BCUT2D eigenvalue weighted by Crippen LogP contribution is -2.55. The highest BCUT2D eigenvalue weighted by atomic mass is 16.5. The predicted molar refractivity (Wildman–Crippen MR) is 92.8 cm³/mol. The Morgan fingerprint density at radius 3 is 2.57 bits per heavy atom. The van der Waals surface area contributed by atoms with Crippen LogP contribution >= 0.6 is 0 Å². The smallest absolute Gasteiger partial charge is 0.314 e. The third kappa shape index (κ3) is 7.06. The molecule has 1 atom stereocenters. The Morgan fingerprint density at radius 2 is 1.83 bits per heavy atom. The molecule has 1 aliphatic heterocycles. The van der Waals surface area contributed by atoms with Crippen LogP contribution in [0.2, 0.25) is 0 Å². The lowest BCUT2D eigenvalue weighted by molar-refractivity contribution is 0.0460. The number of urea groups is 1. The van der Waals surface area contributed by atoms with E-state index in [1.54, 1.807) is 0 Å². The van der Waals surface area contributed by atoms with E-state index < -0.39 is 0 Å². The van der Waals surface area contributed by atoms with E-state index in [0.717, 1.165) is 19.6 Å². The maximum Gasteiger partial charge on any atom is 0.314 e. The van der Waals surface area contributed by atoms with E-state index in [1.165, 1.54) is 38.5 Å². The Balaban J connectivity index is 1.52. The van der Waals surface area contributed by atoms with Gasteiger partial charge in [0, 0.05) is 38.8 Å². The van der Waals surface area contributed by atoms with E-state index in [9.17, 15) is 4.79 Å². The quantitative estimate of drug-likeness (QED) is 0.570. The number of nitrogens with zero attached hydrogens (tertiary/aromatic N) is 2. The summed E-state index contributed by atoms with van der Waals surface area (Å²) in [6, 6.07) is 0.304. The van der Waals surface area contributed by atoms with Gasteiger partial charge in [0.2, 0.25) is 0 Å². The minimum Gasteiger partial charge on any atom is -0.376 e. The molecule has 23 heavy (non-hydrogen) atoms. The standard InChI is InChI=1S/C17H34N4O2/c1-20-10-11-21(2)15(14-20)13-19-17(22)18-9-12-23-16-7-5-3-4-6-8-16/h15-16H,3-14H2,1-2H3,(H2,18,19,22)/t15-/m1/s1. The van der Waals surface area contributed by atoms with Gasteiger partial charge in [0.15, 0.2) is 0 Å². The average molecular weight is 326 g/mol. The third-order valence-corrected chi connectivity index (χ3v) is 5.02. The van der Waals surface area contributed by atoms with Crippen molar-refractivity contribution in [1.29, 1.82) is 0 Å². The molecule has 2 rings (SSSR count). The van der Waals surface area contributed by atoms with Crippen molar-refractivity contribution in [1.82, 2.24) is 20.4 Å². The second-order valence-corrected chi connectivity index (χ2v) is 7.02. The Kier molecular flexibility index (Phi) is 8.12. The lowest BCUT2D eigenvalue weighted by Gasteiger charge is -2.37. The maximum absolute atomic E-state index is 11.9. The van der Waals surface area contributed by atoms with E-state index in [0.29, 0.717) is 31.8 Å². The van der Waals surface area contributed by atoms with Crippen LogP contribution in [0.3, 0.4) is 0 Å². The van der Waals surface area contributed by atoms with Gasteiger partial charge in [0.05, 0.1) is 12.7 Å². The van der Waals surface area contributed by atoms with Crippen LogP contribution in [-0.2, 0) is 4.74 Å². The SMILES string of the molecule is CN1CCN(C)[C@H](CNC(=O)NCCOC2CCCCCC2)C1. The summed E-state index contributed by atoms with van der Waals surface area (Å²) in [4.78, 5) is 16.5. The number of hydrogen-bond donors (Lipinski definition) is 2. The summed E-state index contributed by atoms with van der Waals surface area (Å²) in [5.41, 5.74) is 0. The minimum atomic E-state index is -0.0870. The fourth-order valence-corrected chi connectivity index (χ4v) is 3.39. The van der Waals surface area contributed by atoms with Crippen LogP contribution in [0.1, 0.15) is 38.5 Å². The molecule has 134 valence electrons.